The smallest absolute Gasteiger partial charge is 0.161 e. The highest BCUT2D eigenvalue weighted by molar-refractivity contribution is 7.09. The summed E-state index contributed by atoms with van der Waals surface area (Å²) in [5, 5.41) is 3.13. The third kappa shape index (κ3) is 2.76. The van der Waals surface area contributed by atoms with E-state index in [1.165, 1.54) is 0 Å². The Morgan fingerprint density at radius 3 is 2.72 bits per heavy atom. The zero-order valence-electron chi connectivity index (χ0n) is 10.8. The summed E-state index contributed by atoms with van der Waals surface area (Å²) in [6, 6.07) is 7.67. The summed E-state index contributed by atoms with van der Waals surface area (Å²) >= 11 is 1.65. The normalized spacial score (nSPS) is 10.4. The standard InChI is InChI=1S/C14H16N2OS/c1-10(17)13-6-4-5-7-14(13)16(3)8-12-9-18-11(2)15-12/h4-7,9H,8H2,1-3H3. The van der Waals surface area contributed by atoms with Crippen LogP contribution in [-0.2, 0) is 6.54 Å². The quantitative estimate of drug-likeness (QED) is 0.791. The molecule has 0 aliphatic carbocycles. The van der Waals surface area contributed by atoms with E-state index in [0.717, 1.165) is 22.0 Å². The van der Waals surface area contributed by atoms with Crippen molar-refractivity contribution >= 4 is 22.8 Å². The third-order valence-electron chi connectivity index (χ3n) is 2.76. The van der Waals surface area contributed by atoms with Crippen molar-refractivity contribution in [2.45, 2.75) is 20.4 Å². The average Bonchev–Trinajstić information content (AvgIpc) is 2.74. The summed E-state index contributed by atoms with van der Waals surface area (Å²) in [5.74, 6) is 0.0897. The minimum Gasteiger partial charge on any atom is -0.368 e. The Kier molecular flexibility index (Phi) is 3.77. The van der Waals surface area contributed by atoms with Crippen molar-refractivity contribution in [3.63, 3.8) is 0 Å². The average molecular weight is 260 g/mol. The molecule has 2 rings (SSSR count). The number of aryl methyl sites for hydroxylation is 1. The zero-order chi connectivity index (χ0) is 13.1. The van der Waals surface area contributed by atoms with Gasteiger partial charge in [-0.1, -0.05) is 12.1 Å². The Bertz CT molecular complexity index is 562. The first-order chi connectivity index (χ1) is 8.58. The van der Waals surface area contributed by atoms with Gasteiger partial charge in [0.05, 0.1) is 17.2 Å². The molecule has 0 aliphatic rings. The number of nitrogens with zero attached hydrogens (tertiary/aromatic N) is 2. The highest BCUT2D eigenvalue weighted by Gasteiger charge is 2.11. The molecule has 0 aliphatic heterocycles. The predicted octanol–water partition coefficient (Wildman–Crippen LogP) is 3.29. The fraction of sp³-hybridized carbons (Fsp3) is 0.286. The lowest BCUT2D eigenvalue weighted by atomic mass is 10.1. The largest absolute Gasteiger partial charge is 0.368 e. The molecule has 0 fully saturated rings. The van der Waals surface area contributed by atoms with E-state index in [-0.39, 0.29) is 5.78 Å². The van der Waals surface area contributed by atoms with E-state index < -0.39 is 0 Å². The number of Topliss-reactive ketones (excluding diaryl/α,β-unsaturated/α-hetero) is 1. The molecule has 0 N–H and O–H groups in total. The van der Waals surface area contributed by atoms with Gasteiger partial charge in [-0.3, -0.25) is 4.79 Å². The van der Waals surface area contributed by atoms with E-state index in [4.69, 9.17) is 0 Å². The molecule has 1 heterocycles. The van der Waals surface area contributed by atoms with Crippen molar-refractivity contribution in [2.75, 3.05) is 11.9 Å². The van der Waals surface area contributed by atoms with Gasteiger partial charge in [-0.25, -0.2) is 4.98 Å². The van der Waals surface area contributed by atoms with Gasteiger partial charge in [0, 0.05) is 23.7 Å². The number of para-hydroxylation sites is 1. The minimum atomic E-state index is 0.0897. The van der Waals surface area contributed by atoms with Crippen molar-refractivity contribution in [1.82, 2.24) is 4.98 Å². The molecule has 2 aromatic rings. The van der Waals surface area contributed by atoms with Gasteiger partial charge in [0.2, 0.25) is 0 Å². The van der Waals surface area contributed by atoms with Crippen LogP contribution in [0.15, 0.2) is 29.6 Å². The van der Waals surface area contributed by atoms with Crippen LogP contribution in [0.1, 0.15) is 28.0 Å². The van der Waals surface area contributed by atoms with Gasteiger partial charge in [-0.2, -0.15) is 0 Å². The fourth-order valence-electron chi connectivity index (χ4n) is 1.91. The molecule has 0 spiro atoms. The minimum absolute atomic E-state index is 0.0897. The zero-order valence-corrected chi connectivity index (χ0v) is 11.6. The van der Waals surface area contributed by atoms with Crippen molar-refractivity contribution in [1.29, 1.82) is 0 Å². The lowest BCUT2D eigenvalue weighted by Crippen LogP contribution is -2.19. The monoisotopic (exact) mass is 260 g/mol. The fourth-order valence-corrected chi connectivity index (χ4v) is 2.52. The number of carbonyl (C=O) groups excluding carboxylic acids is 1. The van der Waals surface area contributed by atoms with Gasteiger partial charge in [0.15, 0.2) is 5.78 Å². The van der Waals surface area contributed by atoms with Crippen molar-refractivity contribution in [2.24, 2.45) is 0 Å². The highest BCUT2D eigenvalue weighted by Crippen LogP contribution is 2.21. The number of hydrogen-bond acceptors (Lipinski definition) is 4. The Balaban J connectivity index is 2.23. The molecule has 0 atom stereocenters. The number of benzene rings is 1. The molecular formula is C14H16N2OS. The second-order valence-electron chi connectivity index (χ2n) is 4.29. The van der Waals surface area contributed by atoms with Crippen molar-refractivity contribution < 1.29 is 4.79 Å². The second kappa shape index (κ2) is 5.31. The summed E-state index contributed by atoms with van der Waals surface area (Å²) < 4.78 is 0. The highest BCUT2D eigenvalue weighted by atomic mass is 32.1. The maximum absolute atomic E-state index is 11.6. The van der Waals surface area contributed by atoms with Gasteiger partial charge < -0.3 is 4.90 Å². The summed E-state index contributed by atoms with van der Waals surface area (Å²) in [5.41, 5.74) is 2.75. The number of hydrogen-bond donors (Lipinski definition) is 0. The number of aromatic nitrogens is 1. The van der Waals surface area contributed by atoms with E-state index in [1.807, 2.05) is 38.2 Å². The number of anilines is 1. The van der Waals surface area contributed by atoms with Crippen LogP contribution in [0.25, 0.3) is 0 Å². The van der Waals surface area contributed by atoms with Crippen LogP contribution >= 0.6 is 11.3 Å². The van der Waals surface area contributed by atoms with Gasteiger partial charge in [-0.05, 0) is 26.0 Å². The first kappa shape index (κ1) is 12.8. The third-order valence-corrected chi connectivity index (χ3v) is 3.58. The number of carbonyl (C=O) groups is 1. The molecule has 3 nitrogen and oxygen atoms in total. The molecule has 1 aromatic carbocycles. The van der Waals surface area contributed by atoms with Gasteiger partial charge in [0.1, 0.15) is 0 Å². The van der Waals surface area contributed by atoms with Crippen molar-refractivity contribution in [3.8, 4) is 0 Å². The van der Waals surface area contributed by atoms with E-state index in [2.05, 4.69) is 15.3 Å². The van der Waals surface area contributed by atoms with E-state index >= 15 is 0 Å². The first-order valence-electron chi connectivity index (χ1n) is 5.80. The first-order valence-corrected chi connectivity index (χ1v) is 6.68. The topological polar surface area (TPSA) is 33.2 Å². The van der Waals surface area contributed by atoms with Gasteiger partial charge >= 0.3 is 0 Å². The van der Waals surface area contributed by atoms with Crippen molar-refractivity contribution in [3.05, 3.63) is 45.9 Å². The van der Waals surface area contributed by atoms with Crippen LogP contribution in [0, 0.1) is 6.92 Å². The lowest BCUT2D eigenvalue weighted by molar-refractivity contribution is 0.101. The van der Waals surface area contributed by atoms with Gasteiger partial charge in [0.25, 0.3) is 0 Å². The molecule has 94 valence electrons. The Labute approximate surface area is 111 Å². The second-order valence-corrected chi connectivity index (χ2v) is 5.35. The number of rotatable bonds is 4. The lowest BCUT2D eigenvalue weighted by Gasteiger charge is -2.20. The van der Waals surface area contributed by atoms with Crippen LogP contribution in [-0.4, -0.2) is 17.8 Å². The Morgan fingerprint density at radius 1 is 1.39 bits per heavy atom. The van der Waals surface area contributed by atoms with E-state index in [0.29, 0.717) is 6.54 Å². The molecule has 0 bridgehead atoms. The summed E-state index contributed by atoms with van der Waals surface area (Å²) in [6.45, 7) is 4.31. The molecule has 0 amide bonds. The Morgan fingerprint density at radius 2 is 2.11 bits per heavy atom. The van der Waals surface area contributed by atoms with Crippen LogP contribution in [0.3, 0.4) is 0 Å². The molecular weight excluding hydrogens is 244 g/mol. The van der Waals surface area contributed by atoms with Crippen LogP contribution in [0.2, 0.25) is 0 Å². The predicted molar refractivity (Wildman–Crippen MR) is 75.4 cm³/mol. The molecule has 0 saturated heterocycles. The molecule has 18 heavy (non-hydrogen) atoms. The molecule has 4 heteroatoms. The van der Waals surface area contributed by atoms with Crippen LogP contribution in [0.4, 0.5) is 5.69 Å². The van der Waals surface area contributed by atoms with Gasteiger partial charge in [-0.15, -0.1) is 11.3 Å². The summed E-state index contributed by atoms with van der Waals surface area (Å²) in [7, 11) is 1.98. The maximum atomic E-state index is 11.6. The molecule has 1 aromatic heterocycles. The van der Waals surface area contributed by atoms with E-state index in [1.54, 1.807) is 18.3 Å². The molecule has 0 unspecified atom stereocenters. The van der Waals surface area contributed by atoms with Crippen LogP contribution in [0.5, 0.6) is 0 Å². The molecule has 0 saturated carbocycles. The Hall–Kier alpha value is -1.68. The summed E-state index contributed by atoms with van der Waals surface area (Å²) in [6.07, 6.45) is 0. The van der Waals surface area contributed by atoms with E-state index in [9.17, 15) is 4.79 Å². The number of thiazole rings is 1. The van der Waals surface area contributed by atoms with Crippen LogP contribution < -0.4 is 4.90 Å². The SMILES string of the molecule is CC(=O)c1ccccc1N(C)Cc1csc(C)n1. The maximum Gasteiger partial charge on any atom is 0.161 e. The summed E-state index contributed by atoms with van der Waals surface area (Å²) in [4.78, 5) is 18.1. The number of ketones is 1. The molecule has 0 radical (unpaired) electrons.